The maximum Gasteiger partial charge on any atom is 0.218 e. The molecule has 15 heavy (non-hydrogen) atoms. The van der Waals surface area contributed by atoms with E-state index in [1.807, 2.05) is 0 Å². The Balaban J connectivity index is 4.13. The van der Waals surface area contributed by atoms with Gasteiger partial charge in [0.2, 0.25) is 10.0 Å². The van der Waals surface area contributed by atoms with Crippen molar-refractivity contribution in [2.75, 3.05) is 23.8 Å². The zero-order valence-electron chi connectivity index (χ0n) is 8.26. The van der Waals surface area contributed by atoms with Crippen molar-refractivity contribution in [1.82, 2.24) is 4.72 Å². The Morgan fingerprint density at radius 2 is 1.87 bits per heavy atom. The lowest BCUT2D eigenvalue weighted by atomic mass is 10.8. The predicted octanol–water partition coefficient (Wildman–Crippen LogP) is -1.37. The van der Waals surface area contributed by atoms with Crippen LogP contribution in [0.2, 0.25) is 0 Å². The van der Waals surface area contributed by atoms with E-state index in [0.29, 0.717) is 0 Å². The van der Waals surface area contributed by atoms with Crippen molar-refractivity contribution < 1.29 is 16.8 Å². The van der Waals surface area contributed by atoms with Crippen molar-refractivity contribution in [3.8, 4) is 0 Å². The topological polar surface area (TPSA) is 106 Å². The highest BCUT2D eigenvalue weighted by Gasteiger charge is 2.13. The minimum absolute atomic E-state index is 0.00989. The van der Waals surface area contributed by atoms with E-state index in [2.05, 4.69) is 16.9 Å². The zero-order chi connectivity index (χ0) is 12.1. The van der Waals surface area contributed by atoms with Crippen molar-refractivity contribution in [2.45, 2.75) is 6.92 Å². The van der Waals surface area contributed by atoms with Crippen LogP contribution in [0.4, 0.5) is 0 Å². The number of nitrogens with two attached hydrogens (primary N) is 1. The number of hydrogen-bond acceptors (Lipinski definition) is 5. The Morgan fingerprint density at radius 3 is 2.27 bits per heavy atom. The van der Waals surface area contributed by atoms with Crippen LogP contribution in [-0.2, 0) is 19.9 Å². The summed E-state index contributed by atoms with van der Waals surface area (Å²) in [6.07, 6.45) is 0. The summed E-state index contributed by atoms with van der Waals surface area (Å²) in [5.41, 5.74) is 5.06. The first-order valence-electron chi connectivity index (χ1n) is 4.14. The Labute approximate surface area is 95.2 Å². The number of hydrogen-bond donors (Lipinski definition) is 2. The molecule has 0 fully saturated rings. The van der Waals surface area contributed by atoms with Gasteiger partial charge >= 0.3 is 0 Å². The van der Waals surface area contributed by atoms with Gasteiger partial charge in [0.25, 0.3) is 0 Å². The van der Waals surface area contributed by atoms with Crippen LogP contribution in [0, 0.1) is 0 Å². The fourth-order valence-corrected chi connectivity index (χ4v) is 2.92. The third-order valence-corrected chi connectivity index (χ3v) is 4.87. The van der Waals surface area contributed by atoms with Crippen LogP contribution < -0.4 is 10.5 Å². The second-order valence-electron chi connectivity index (χ2n) is 2.86. The van der Waals surface area contributed by atoms with Crippen LogP contribution >= 0.6 is 12.2 Å². The van der Waals surface area contributed by atoms with E-state index >= 15 is 0 Å². The molecule has 0 atom stereocenters. The van der Waals surface area contributed by atoms with Gasteiger partial charge in [0.05, 0.1) is 10.7 Å². The van der Waals surface area contributed by atoms with Gasteiger partial charge in [-0.15, -0.1) is 0 Å². The molecule has 0 amide bonds. The largest absolute Gasteiger partial charge is 0.392 e. The Hall–Kier alpha value is -0.250. The van der Waals surface area contributed by atoms with E-state index in [-0.39, 0.29) is 23.0 Å². The van der Waals surface area contributed by atoms with Gasteiger partial charge < -0.3 is 5.73 Å². The molecule has 0 aromatic heterocycles. The second kappa shape index (κ2) is 5.73. The average Bonchev–Trinajstić information content (AvgIpc) is 2.00. The molecule has 0 aliphatic rings. The molecule has 90 valence electrons. The van der Waals surface area contributed by atoms with Crippen molar-refractivity contribution in [1.29, 1.82) is 0 Å². The molecule has 0 radical (unpaired) electrons. The van der Waals surface area contributed by atoms with Gasteiger partial charge in [-0.05, 0) is 0 Å². The van der Waals surface area contributed by atoms with E-state index in [9.17, 15) is 16.8 Å². The van der Waals surface area contributed by atoms with Crippen LogP contribution in [0.25, 0.3) is 0 Å². The van der Waals surface area contributed by atoms with Crippen LogP contribution in [0.3, 0.4) is 0 Å². The molecule has 0 saturated carbocycles. The average molecular weight is 274 g/mol. The highest BCUT2D eigenvalue weighted by Crippen LogP contribution is 1.89. The molecule has 0 rings (SSSR count). The molecule has 6 nitrogen and oxygen atoms in total. The molecule has 0 spiro atoms. The number of sulfone groups is 1. The fourth-order valence-electron chi connectivity index (χ4n) is 0.735. The van der Waals surface area contributed by atoms with Gasteiger partial charge in [-0.3, -0.25) is 0 Å². The summed E-state index contributed by atoms with van der Waals surface area (Å²) in [5.74, 6) is -0.696. The maximum atomic E-state index is 11.1. The molecule has 3 N–H and O–H groups in total. The molecule has 0 unspecified atom stereocenters. The lowest BCUT2D eigenvalue weighted by molar-refractivity contribution is 0.584. The van der Waals surface area contributed by atoms with Gasteiger partial charge in [-0.1, -0.05) is 19.1 Å². The Kier molecular flexibility index (Phi) is 5.63. The number of rotatable bonds is 7. The van der Waals surface area contributed by atoms with Crippen LogP contribution in [0.15, 0.2) is 0 Å². The van der Waals surface area contributed by atoms with Crippen LogP contribution in [-0.4, -0.2) is 45.6 Å². The summed E-state index contributed by atoms with van der Waals surface area (Å²) in [6, 6.07) is 0. The quantitative estimate of drug-likeness (QED) is 0.555. The van der Waals surface area contributed by atoms with Gasteiger partial charge in [0, 0.05) is 12.3 Å². The predicted molar refractivity (Wildman–Crippen MR) is 62.9 cm³/mol. The standard InChI is InChI=1S/C6H14N2O4S3/c1-2-14(9,10)4-3-8-15(11,12)5-6(7)13/h8H,2-5H2,1H3,(H2,7,13). The smallest absolute Gasteiger partial charge is 0.218 e. The van der Waals surface area contributed by atoms with Crippen molar-refractivity contribution >= 4 is 37.1 Å². The summed E-state index contributed by atoms with van der Waals surface area (Å²) in [5, 5.41) is 0. The minimum Gasteiger partial charge on any atom is -0.392 e. The monoisotopic (exact) mass is 274 g/mol. The first-order chi connectivity index (χ1) is 6.68. The van der Waals surface area contributed by atoms with Gasteiger partial charge in [-0.25, -0.2) is 21.6 Å². The Morgan fingerprint density at radius 1 is 1.33 bits per heavy atom. The van der Waals surface area contributed by atoms with E-state index in [1.54, 1.807) is 0 Å². The molecular formula is C6H14N2O4S3. The normalized spacial score (nSPS) is 12.6. The van der Waals surface area contributed by atoms with Gasteiger partial charge in [-0.2, -0.15) is 0 Å². The molecular weight excluding hydrogens is 260 g/mol. The summed E-state index contributed by atoms with van der Waals surface area (Å²) in [7, 11) is -6.75. The van der Waals surface area contributed by atoms with E-state index in [4.69, 9.17) is 5.73 Å². The summed E-state index contributed by atoms with van der Waals surface area (Å²) in [6.45, 7) is 1.35. The van der Waals surface area contributed by atoms with E-state index in [0.717, 1.165) is 0 Å². The molecule has 0 aromatic carbocycles. The fraction of sp³-hybridized carbons (Fsp3) is 0.833. The van der Waals surface area contributed by atoms with Crippen molar-refractivity contribution in [3.63, 3.8) is 0 Å². The minimum atomic E-state index is -3.59. The highest BCUT2D eigenvalue weighted by molar-refractivity contribution is 7.92. The molecule has 0 aliphatic carbocycles. The van der Waals surface area contributed by atoms with Gasteiger partial charge in [0.1, 0.15) is 5.75 Å². The van der Waals surface area contributed by atoms with Crippen LogP contribution in [0.5, 0.6) is 0 Å². The van der Waals surface area contributed by atoms with Crippen molar-refractivity contribution in [2.24, 2.45) is 5.73 Å². The van der Waals surface area contributed by atoms with Gasteiger partial charge in [0.15, 0.2) is 9.84 Å². The number of nitrogens with one attached hydrogen (secondary N) is 1. The third kappa shape index (κ3) is 7.65. The SMILES string of the molecule is CCS(=O)(=O)CCNS(=O)(=O)CC(N)=S. The zero-order valence-corrected chi connectivity index (χ0v) is 10.7. The number of sulfonamides is 1. The number of thiocarbonyl (C=S) groups is 1. The first kappa shape index (κ1) is 14.8. The van der Waals surface area contributed by atoms with E-state index < -0.39 is 25.6 Å². The van der Waals surface area contributed by atoms with Crippen molar-refractivity contribution in [3.05, 3.63) is 0 Å². The summed E-state index contributed by atoms with van der Waals surface area (Å²) < 4.78 is 46.4. The Bertz CT molecular complexity index is 412. The summed E-state index contributed by atoms with van der Waals surface area (Å²) >= 11 is 4.43. The molecule has 0 aliphatic heterocycles. The second-order valence-corrected chi connectivity index (χ2v) is 7.66. The summed E-state index contributed by atoms with van der Waals surface area (Å²) in [4.78, 5) is -0.152. The molecule has 0 bridgehead atoms. The maximum absolute atomic E-state index is 11.1. The highest BCUT2D eigenvalue weighted by atomic mass is 32.2. The lowest BCUT2D eigenvalue weighted by Gasteiger charge is -2.05. The third-order valence-electron chi connectivity index (χ3n) is 1.51. The molecule has 0 heterocycles. The first-order valence-corrected chi connectivity index (χ1v) is 8.03. The van der Waals surface area contributed by atoms with Crippen LogP contribution in [0.1, 0.15) is 6.92 Å². The molecule has 0 saturated heterocycles. The molecule has 0 aromatic rings. The van der Waals surface area contributed by atoms with E-state index in [1.165, 1.54) is 6.92 Å². The lowest BCUT2D eigenvalue weighted by Crippen LogP contribution is -2.35. The molecule has 9 heteroatoms.